The van der Waals surface area contributed by atoms with Crippen molar-refractivity contribution in [3.05, 3.63) is 77.0 Å². The van der Waals surface area contributed by atoms with E-state index in [9.17, 15) is 14.3 Å². The van der Waals surface area contributed by atoms with Gasteiger partial charge in [0.05, 0.1) is 13.1 Å². The highest BCUT2D eigenvalue weighted by molar-refractivity contribution is 5.89. The van der Waals surface area contributed by atoms with Crippen LogP contribution in [-0.2, 0) is 17.8 Å². The Labute approximate surface area is 151 Å². The second kappa shape index (κ2) is 6.74. The molecular formula is C21H19FN2O2. The van der Waals surface area contributed by atoms with Crippen LogP contribution in [0.15, 0.2) is 48.7 Å². The third-order valence-electron chi connectivity index (χ3n) is 4.56. The first-order valence-electron chi connectivity index (χ1n) is 8.27. The van der Waals surface area contributed by atoms with E-state index in [4.69, 9.17) is 6.57 Å². The lowest BCUT2D eigenvalue weighted by atomic mass is 9.94. The summed E-state index contributed by atoms with van der Waals surface area (Å²) in [6.07, 6.45) is 1.82. The summed E-state index contributed by atoms with van der Waals surface area (Å²) < 4.78 is 15.1. The molecule has 2 aromatic carbocycles. The highest BCUT2D eigenvalue weighted by Gasteiger charge is 2.30. The standard InChI is InChI=1S/C21H19FN2O2/c1-14-10-15(4-6-18(14)23-3)11-20(25)21(2,26)13-24-9-8-16-12-17(22)5-7-19(16)24/h4-10,12,26H,11,13H2,1-2H3/t21-/m1/s1. The van der Waals surface area contributed by atoms with Crippen molar-refractivity contribution in [2.75, 3.05) is 0 Å². The molecule has 0 amide bonds. The van der Waals surface area contributed by atoms with Crippen molar-refractivity contribution in [1.29, 1.82) is 0 Å². The van der Waals surface area contributed by atoms with Crippen molar-refractivity contribution >= 4 is 22.4 Å². The molecule has 3 rings (SSSR count). The van der Waals surface area contributed by atoms with Gasteiger partial charge in [0.2, 0.25) is 0 Å². The van der Waals surface area contributed by atoms with Gasteiger partial charge in [-0.05, 0) is 49.2 Å². The Morgan fingerprint density at radius 1 is 1.27 bits per heavy atom. The quantitative estimate of drug-likeness (QED) is 0.701. The summed E-state index contributed by atoms with van der Waals surface area (Å²) in [4.78, 5) is 16.0. The van der Waals surface area contributed by atoms with E-state index in [1.807, 2.05) is 6.92 Å². The average molecular weight is 350 g/mol. The molecular weight excluding hydrogens is 331 g/mol. The minimum absolute atomic E-state index is 0.0833. The Hall–Kier alpha value is -2.97. The molecule has 1 atom stereocenters. The number of halogens is 1. The number of aromatic nitrogens is 1. The number of Topliss-reactive ketones (excluding diaryl/α,β-unsaturated/α-hetero) is 1. The number of hydrogen-bond donors (Lipinski definition) is 1. The number of rotatable bonds is 5. The maximum Gasteiger partial charge on any atom is 0.190 e. The summed E-state index contributed by atoms with van der Waals surface area (Å²) in [7, 11) is 0. The van der Waals surface area contributed by atoms with Crippen molar-refractivity contribution < 1.29 is 14.3 Å². The van der Waals surface area contributed by atoms with Gasteiger partial charge in [-0.2, -0.15) is 0 Å². The van der Waals surface area contributed by atoms with Crippen molar-refractivity contribution in [2.24, 2.45) is 0 Å². The topological polar surface area (TPSA) is 46.6 Å². The van der Waals surface area contributed by atoms with Crippen LogP contribution in [0.1, 0.15) is 18.1 Å². The number of aryl methyl sites for hydroxylation is 1. The van der Waals surface area contributed by atoms with Gasteiger partial charge in [-0.25, -0.2) is 9.24 Å². The van der Waals surface area contributed by atoms with E-state index >= 15 is 0 Å². The van der Waals surface area contributed by atoms with Gasteiger partial charge in [-0.15, -0.1) is 0 Å². The van der Waals surface area contributed by atoms with Crippen molar-refractivity contribution in [3.8, 4) is 0 Å². The molecule has 0 fully saturated rings. The average Bonchev–Trinajstić information content (AvgIpc) is 2.96. The monoisotopic (exact) mass is 350 g/mol. The summed E-state index contributed by atoms with van der Waals surface area (Å²) in [6, 6.07) is 11.4. The summed E-state index contributed by atoms with van der Waals surface area (Å²) in [5, 5.41) is 11.4. The summed E-state index contributed by atoms with van der Waals surface area (Å²) in [5.74, 6) is -0.632. The highest BCUT2D eigenvalue weighted by atomic mass is 19.1. The Morgan fingerprint density at radius 2 is 2.04 bits per heavy atom. The van der Waals surface area contributed by atoms with Gasteiger partial charge in [-0.3, -0.25) is 4.79 Å². The Kier molecular flexibility index (Phi) is 4.62. The number of nitrogens with zero attached hydrogens (tertiary/aromatic N) is 2. The molecule has 132 valence electrons. The van der Waals surface area contributed by atoms with Crippen LogP contribution in [0.3, 0.4) is 0 Å². The van der Waals surface area contributed by atoms with Gasteiger partial charge in [-0.1, -0.05) is 18.2 Å². The molecule has 3 aromatic rings. The van der Waals surface area contributed by atoms with Crippen LogP contribution in [-0.4, -0.2) is 21.1 Å². The molecule has 26 heavy (non-hydrogen) atoms. The number of carbonyl (C=O) groups excluding carboxylic acids is 1. The van der Waals surface area contributed by atoms with E-state index in [1.165, 1.54) is 19.1 Å². The minimum atomic E-state index is -1.56. The molecule has 0 saturated carbocycles. The smallest absolute Gasteiger partial charge is 0.190 e. The Bertz CT molecular complexity index is 1030. The number of fused-ring (bicyclic) bond motifs is 1. The first-order chi connectivity index (χ1) is 12.3. The molecule has 0 saturated heterocycles. The zero-order valence-electron chi connectivity index (χ0n) is 14.7. The van der Waals surface area contributed by atoms with E-state index in [0.29, 0.717) is 5.69 Å². The summed E-state index contributed by atoms with van der Waals surface area (Å²) in [6.45, 7) is 10.5. The Balaban J connectivity index is 1.79. The van der Waals surface area contributed by atoms with E-state index in [2.05, 4.69) is 4.85 Å². The van der Waals surface area contributed by atoms with Crippen LogP contribution in [0, 0.1) is 19.3 Å². The van der Waals surface area contributed by atoms with Crippen LogP contribution in [0.4, 0.5) is 10.1 Å². The van der Waals surface area contributed by atoms with Crippen molar-refractivity contribution in [1.82, 2.24) is 4.57 Å². The third-order valence-corrected chi connectivity index (χ3v) is 4.56. The largest absolute Gasteiger partial charge is 0.380 e. The van der Waals surface area contributed by atoms with E-state index in [-0.39, 0.29) is 24.6 Å². The first-order valence-corrected chi connectivity index (χ1v) is 8.27. The molecule has 0 aliphatic rings. The number of benzene rings is 2. The number of ketones is 1. The zero-order chi connectivity index (χ0) is 18.9. The summed E-state index contributed by atoms with van der Waals surface area (Å²) in [5.41, 5.74) is 1.32. The van der Waals surface area contributed by atoms with Gasteiger partial charge in [0, 0.05) is 23.5 Å². The maximum atomic E-state index is 13.3. The lowest BCUT2D eigenvalue weighted by Crippen LogP contribution is -2.40. The minimum Gasteiger partial charge on any atom is -0.380 e. The van der Waals surface area contributed by atoms with Gasteiger partial charge in [0.25, 0.3) is 0 Å². The molecule has 0 spiro atoms. The lowest BCUT2D eigenvalue weighted by molar-refractivity contribution is -0.136. The van der Waals surface area contributed by atoms with Crippen LogP contribution < -0.4 is 0 Å². The van der Waals surface area contributed by atoms with Gasteiger partial charge in [0.15, 0.2) is 11.5 Å². The van der Waals surface area contributed by atoms with E-state index in [1.54, 1.807) is 41.1 Å². The second-order valence-electron chi connectivity index (χ2n) is 6.75. The second-order valence-corrected chi connectivity index (χ2v) is 6.75. The maximum absolute atomic E-state index is 13.3. The normalized spacial score (nSPS) is 13.3. The molecule has 0 radical (unpaired) electrons. The van der Waals surface area contributed by atoms with Gasteiger partial charge >= 0.3 is 0 Å². The molecule has 4 nitrogen and oxygen atoms in total. The predicted octanol–water partition coefficient (Wildman–Crippen LogP) is 4.20. The van der Waals surface area contributed by atoms with E-state index < -0.39 is 5.60 Å². The molecule has 1 heterocycles. The number of carbonyl (C=O) groups is 1. The molecule has 1 aromatic heterocycles. The fourth-order valence-corrected chi connectivity index (χ4v) is 3.06. The van der Waals surface area contributed by atoms with Crippen LogP contribution in [0.25, 0.3) is 15.7 Å². The SMILES string of the molecule is [C-]#[N+]c1ccc(CC(=O)[C@](C)(O)Cn2ccc3cc(F)ccc32)cc1C. The van der Waals surface area contributed by atoms with Crippen molar-refractivity contribution in [3.63, 3.8) is 0 Å². The fraction of sp³-hybridized carbons (Fsp3) is 0.238. The van der Waals surface area contributed by atoms with Gasteiger partial charge < -0.3 is 9.67 Å². The lowest BCUT2D eigenvalue weighted by Gasteiger charge is -2.23. The zero-order valence-corrected chi connectivity index (χ0v) is 14.7. The van der Waals surface area contributed by atoms with Crippen molar-refractivity contribution in [2.45, 2.75) is 32.4 Å². The third kappa shape index (κ3) is 3.51. The predicted molar refractivity (Wildman–Crippen MR) is 98.7 cm³/mol. The Morgan fingerprint density at radius 3 is 2.73 bits per heavy atom. The number of hydrogen-bond acceptors (Lipinski definition) is 2. The molecule has 0 aliphatic carbocycles. The molecule has 0 bridgehead atoms. The molecule has 5 heteroatoms. The molecule has 0 unspecified atom stereocenters. The molecule has 1 N–H and O–H groups in total. The van der Waals surface area contributed by atoms with Gasteiger partial charge in [0.1, 0.15) is 11.4 Å². The van der Waals surface area contributed by atoms with Crippen LogP contribution >= 0.6 is 0 Å². The molecule has 0 aliphatic heterocycles. The van der Waals surface area contributed by atoms with Crippen LogP contribution in [0.2, 0.25) is 0 Å². The number of aliphatic hydroxyl groups is 1. The highest BCUT2D eigenvalue weighted by Crippen LogP contribution is 2.23. The van der Waals surface area contributed by atoms with E-state index in [0.717, 1.165) is 22.0 Å². The van der Waals surface area contributed by atoms with Crippen LogP contribution in [0.5, 0.6) is 0 Å². The first kappa shape index (κ1) is 17.8. The fourth-order valence-electron chi connectivity index (χ4n) is 3.06. The summed E-state index contributed by atoms with van der Waals surface area (Å²) >= 11 is 0.